The number of unbranched alkanes of at least 4 members (excludes halogenated alkanes) is 2. The highest BCUT2D eigenvalue weighted by atomic mass is 15.1. The van der Waals surface area contributed by atoms with Gasteiger partial charge in [0.15, 0.2) is 0 Å². The second kappa shape index (κ2) is 12.7. The molecule has 0 atom stereocenters. The SMILES string of the molecule is CCCCCC(=Cc1ccccc1)CN[C@H]1CC[C@@H](Nc2cc(N(C)C)c3ccccc3n2)CC1. The Morgan fingerprint density at radius 1 is 0.943 bits per heavy atom. The molecule has 4 heteroatoms. The molecule has 1 fully saturated rings. The summed E-state index contributed by atoms with van der Waals surface area (Å²) in [5.74, 6) is 0.993. The minimum Gasteiger partial charge on any atom is -0.377 e. The first-order valence-electron chi connectivity index (χ1n) is 13.4. The van der Waals surface area contributed by atoms with E-state index in [1.807, 2.05) is 0 Å². The molecule has 1 aliphatic rings. The molecule has 0 radical (unpaired) electrons. The third-order valence-electron chi connectivity index (χ3n) is 7.14. The van der Waals surface area contributed by atoms with Gasteiger partial charge in [-0.15, -0.1) is 0 Å². The maximum atomic E-state index is 4.91. The van der Waals surface area contributed by atoms with Crippen LogP contribution in [0.5, 0.6) is 0 Å². The molecule has 1 saturated carbocycles. The molecule has 2 N–H and O–H groups in total. The summed E-state index contributed by atoms with van der Waals surface area (Å²) >= 11 is 0. The van der Waals surface area contributed by atoms with E-state index in [9.17, 15) is 0 Å². The number of para-hydroxylation sites is 1. The standard InChI is InChI=1S/C31H42N4/c1-4-5-7-14-25(21-24-12-8-6-9-13-24)23-32-26-17-19-27(20-18-26)33-31-22-30(35(2)3)28-15-10-11-16-29(28)34-31/h6,8-13,15-16,21-22,26-27,32H,4-5,7,14,17-20,23H2,1-3H3,(H,33,34)/t26-,27+. The quantitative estimate of drug-likeness (QED) is 0.289. The van der Waals surface area contributed by atoms with E-state index in [-0.39, 0.29) is 0 Å². The van der Waals surface area contributed by atoms with E-state index >= 15 is 0 Å². The van der Waals surface area contributed by atoms with Gasteiger partial charge in [-0.1, -0.05) is 79.9 Å². The molecule has 0 spiro atoms. The van der Waals surface area contributed by atoms with Gasteiger partial charge in [0.1, 0.15) is 5.82 Å². The molecule has 4 nitrogen and oxygen atoms in total. The van der Waals surface area contributed by atoms with Crippen LogP contribution < -0.4 is 15.5 Å². The number of hydrogen-bond acceptors (Lipinski definition) is 4. The van der Waals surface area contributed by atoms with Crippen molar-refractivity contribution >= 4 is 28.5 Å². The lowest BCUT2D eigenvalue weighted by Crippen LogP contribution is -2.38. The molecular weight excluding hydrogens is 428 g/mol. The summed E-state index contributed by atoms with van der Waals surface area (Å²) in [6, 6.07) is 22.5. The molecule has 0 bridgehead atoms. The predicted molar refractivity (Wildman–Crippen MR) is 152 cm³/mol. The largest absolute Gasteiger partial charge is 0.377 e. The molecule has 0 aliphatic heterocycles. The lowest BCUT2D eigenvalue weighted by atomic mass is 9.90. The van der Waals surface area contributed by atoms with E-state index in [1.54, 1.807) is 0 Å². The highest BCUT2D eigenvalue weighted by Crippen LogP contribution is 2.29. The van der Waals surface area contributed by atoms with E-state index in [1.165, 1.54) is 73.6 Å². The fraction of sp³-hybridized carbons (Fsp3) is 0.452. The number of pyridine rings is 1. The van der Waals surface area contributed by atoms with Crippen molar-refractivity contribution in [3.8, 4) is 0 Å². The van der Waals surface area contributed by atoms with Crippen molar-refractivity contribution in [2.45, 2.75) is 70.4 Å². The van der Waals surface area contributed by atoms with Crippen molar-refractivity contribution in [1.82, 2.24) is 10.3 Å². The monoisotopic (exact) mass is 470 g/mol. The maximum absolute atomic E-state index is 4.91. The molecule has 0 saturated heterocycles. The second-order valence-electron chi connectivity index (χ2n) is 10.2. The third kappa shape index (κ3) is 7.32. The van der Waals surface area contributed by atoms with Gasteiger partial charge in [-0.3, -0.25) is 0 Å². The zero-order chi connectivity index (χ0) is 24.5. The smallest absolute Gasteiger partial charge is 0.128 e. The summed E-state index contributed by atoms with van der Waals surface area (Å²) in [5, 5.41) is 8.83. The number of nitrogens with zero attached hydrogens (tertiary/aromatic N) is 2. The second-order valence-corrected chi connectivity index (χ2v) is 10.2. The summed E-state index contributed by atoms with van der Waals surface area (Å²) in [6.07, 6.45) is 12.2. The predicted octanol–water partition coefficient (Wildman–Crippen LogP) is 7.28. The van der Waals surface area contributed by atoms with E-state index < -0.39 is 0 Å². The summed E-state index contributed by atoms with van der Waals surface area (Å²) in [7, 11) is 4.20. The minimum absolute atomic E-state index is 0.487. The van der Waals surface area contributed by atoms with E-state index in [0.717, 1.165) is 17.9 Å². The first-order valence-corrected chi connectivity index (χ1v) is 13.4. The first-order chi connectivity index (χ1) is 17.1. The Morgan fingerprint density at radius 3 is 2.40 bits per heavy atom. The van der Waals surface area contributed by atoms with Gasteiger partial charge in [0.05, 0.1) is 5.52 Å². The molecule has 3 aromatic rings. The van der Waals surface area contributed by atoms with Gasteiger partial charge in [-0.25, -0.2) is 4.98 Å². The Labute approximate surface area is 211 Å². The molecule has 1 heterocycles. The molecule has 1 aromatic heterocycles. The first kappa shape index (κ1) is 25.2. The normalized spacial score (nSPS) is 18.5. The van der Waals surface area contributed by atoms with Gasteiger partial charge in [-0.05, 0) is 50.2 Å². The van der Waals surface area contributed by atoms with Gasteiger partial charge in [-0.2, -0.15) is 0 Å². The summed E-state index contributed by atoms with van der Waals surface area (Å²) in [5.41, 5.74) is 5.11. The molecule has 0 amide bonds. The molecule has 1 aliphatic carbocycles. The minimum atomic E-state index is 0.487. The van der Waals surface area contributed by atoms with Gasteiger partial charge in [0.2, 0.25) is 0 Å². The summed E-state index contributed by atoms with van der Waals surface area (Å²) < 4.78 is 0. The topological polar surface area (TPSA) is 40.2 Å². The number of rotatable bonds is 11. The van der Waals surface area contributed by atoms with E-state index in [2.05, 4.69) is 103 Å². The fourth-order valence-electron chi connectivity index (χ4n) is 5.13. The average Bonchev–Trinajstić information content (AvgIpc) is 2.88. The molecule has 0 unspecified atom stereocenters. The Bertz CT molecular complexity index is 1080. The lowest BCUT2D eigenvalue weighted by Gasteiger charge is -2.31. The lowest BCUT2D eigenvalue weighted by molar-refractivity contribution is 0.360. The molecule has 2 aromatic carbocycles. The average molecular weight is 471 g/mol. The van der Waals surface area contributed by atoms with Crippen molar-refractivity contribution in [2.75, 3.05) is 30.9 Å². The van der Waals surface area contributed by atoms with Crippen LogP contribution in [0.4, 0.5) is 11.5 Å². The van der Waals surface area contributed by atoms with Gasteiger partial charge < -0.3 is 15.5 Å². The van der Waals surface area contributed by atoms with Crippen molar-refractivity contribution in [3.63, 3.8) is 0 Å². The highest BCUT2D eigenvalue weighted by molar-refractivity contribution is 5.93. The Hall–Kier alpha value is -2.85. The number of anilines is 2. The van der Waals surface area contributed by atoms with Crippen molar-refractivity contribution in [3.05, 3.63) is 71.8 Å². The van der Waals surface area contributed by atoms with Crippen LogP contribution in [0.1, 0.15) is 63.9 Å². The summed E-state index contributed by atoms with van der Waals surface area (Å²) in [4.78, 5) is 7.08. The van der Waals surface area contributed by atoms with Gasteiger partial charge in [0, 0.05) is 49.9 Å². The molecule has 4 rings (SSSR count). The van der Waals surface area contributed by atoms with Crippen LogP contribution in [-0.4, -0.2) is 37.7 Å². The van der Waals surface area contributed by atoms with Crippen LogP contribution in [0, 0.1) is 0 Å². The Balaban J connectivity index is 1.31. The van der Waals surface area contributed by atoms with Crippen LogP contribution >= 0.6 is 0 Å². The molecule has 35 heavy (non-hydrogen) atoms. The van der Waals surface area contributed by atoms with Crippen molar-refractivity contribution < 1.29 is 0 Å². The van der Waals surface area contributed by atoms with Crippen LogP contribution in [0.25, 0.3) is 17.0 Å². The third-order valence-corrected chi connectivity index (χ3v) is 7.14. The van der Waals surface area contributed by atoms with Crippen LogP contribution in [0.3, 0.4) is 0 Å². The van der Waals surface area contributed by atoms with Crippen molar-refractivity contribution in [2.24, 2.45) is 0 Å². The zero-order valence-electron chi connectivity index (χ0n) is 21.8. The summed E-state index contributed by atoms with van der Waals surface area (Å²) in [6.45, 7) is 3.28. The van der Waals surface area contributed by atoms with Crippen LogP contribution in [-0.2, 0) is 0 Å². The number of nitrogens with one attached hydrogen (secondary N) is 2. The molecule has 186 valence electrons. The maximum Gasteiger partial charge on any atom is 0.128 e. The van der Waals surface area contributed by atoms with E-state index in [4.69, 9.17) is 4.98 Å². The fourth-order valence-corrected chi connectivity index (χ4v) is 5.13. The number of aromatic nitrogens is 1. The number of benzene rings is 2. The number of hydrogen-bond donors (Lipinski definition) is 2. The number of fused-ring (bicyclic) bond motifs is 1. The Kier molecular flexibility index (Phi) is 9.19. The van der Waals surface area contributed by atoms with Gasteiger partial charge in [0.25, 0.3) is 0 Å². The van der Waals surface area contributed by atoms with Gasteiger partial charge >= 0.3 is 0 Å². The van der Waals surface area contributed by atoms with Crippen LogP contribution in [0.15, 0.2) is 66.2 Å². The Morgan fingerprint density at radius 2 is 1.66 bits per heavy atom. The zero-order valence-corrected chi connectivity index (χ0v) is 21.8. The van der Waals surface area contributed by atoms with E-state index in [0.29, 0.717) is 12.1 Å². The highest BCUT2D eigenvalue weighted by Gasteiger charge is 2.21. The van der Waals surface area contributed by atoms with Crippen LogP contribution in [0.2, 0.25) is 0 Å². The molecular formula is C31H42N4. The van der Waals surface area contributed by atoms with Crippen molar-refractivity contribution in [1.29, 1.82) is 0 Å².